The number of alkyl halides is 2. The maximum atomic E-state index is 13.3. The van der Waals surface area contributed by atoms with Crippen molar-refractivity contribution in [1.82, 2.24) is 0 Å². The Kier molecular flexibility index (Phi) is 3.09. The Morgan fingerprint density at radius 1 is 1.67 bits per heavy atom. The minimum atomic E-state index is -1.11. The van der Waals surface area contributed by atoms with Crippen molar-refractivity contribution in [3.63, 3.8) is 0 Å². The first-order chi connectivity index (χ1) is 5.61. The first-order valence-electron chi connectivity index (χ1n) is 4.02. The van der Waals surface area contributed by atoms with Gasteiger partial charge in [-0.25, -0.2) is 4.39 Å². The van der Waals surface area contributed by atoms with E-state index >= 15 is 0 Å². The molecule has 0 saturated heterocycles. The van der Waals surface area contributed by atoms with Crippen LogP contribution >= 0.6 is 15.9 Å². The van der Waals surface area contributed by atoms with Crippen molar-refractivity contribution in [2.45, 2.75) is 36.2 Å². The fourth-order valence-electron chi connectivity index (χ4n) is 1.49. The summed E-state index contributed by atoms with van der Waals surface area (Å²) in [5.41, 5.74) is 0. The van der Waals surface area contributed by atoms with E-state index in [1.54, 1.807) is 0 Å². The molecule has 0 aromatic heterocycles. The molecule has 1 rings (SSSR count). The van der Waals surface area contributed by atoms with Crippen LogP contribution in [0.4, 0.5) is 4.39 Å². The van der Waals surface area contributed by atoms with E-state index in [4.69, 9.17) is 0 Å². The van der Waals surface area contributed by atoms with Crippen molar-refractivity contribution < 1.29 is 13.9 Å². The SMILES string of the molecule is COC(=O)[C@@]1(Br)CCCC[C@H]1F. The van der Waals surface area contributed by atoms with E-state index in [-0.39, 0.29) is 0 Å². The van der Waals surface area contributed by atoms with Crippen LogP contribution in [0.1, 0.15) is 25.7 Å². The average Bonchev–Trinajstić information content (AvgIpc) is 2.09. The van der Waals surface area contributed by atoms with Crippen LogP contribution in [0.2, 0.25) is 0 Å². The highest BCUT2D eigenvalue weighted by Crippen LogP contribution is 2.38. The van der Waals surface area contributed by atoms with Crippen LogP contribution in [-0.4, -0.2) is 23.6 Å². The number of carbonyl (C=O) groups excluding carboxylic acids is 1. The van der Waals surface area contributed by atoms with Gasteiger partial charge in [-0.2, -0.15) is 0 Å². The van der Waals surface area contributed by atoms with Gasteiger partial charge in [0.2, 0.25) is 0 Å². The second kappa shape index (κ2) is 3.73. The lowest BCUT2D eigenvalue weighted by molar-refractivity contribution is -0.146. The largest absolute Gasteiger partial charge is 0.468 e. The number of rotatable bonds is 1. The molecule has 0 amide bonds. The first-order valence-corrected chi connectivity index (χ1v) is 4.82. The zero-order chi connectivity index (χ0) is 9.19. The second-order valence-electron chi connectivity index (χ2n) is 3.07. The summed E-state index contributed by atoms with van der Waals surface area (Å²) in [7, 11) is 1.28. The minimum absolute atomic E-state index is 0.445. The summed E-state index contributed by atoms with van der Waals surface area (Å²) in [4.78, 5) is 11.2. The highest BCUT2D eigenvalue weighted by Gasteiger charge is 2.46. The Balaban J connectivity index is 2.72. The molecule has 0 N–H and O–H groups in total. The van der Waals surface area contributed by atoms with Gasteiger partial charge >= 0.3 is 5.97 Å². The number of ether oxygens (including phenoxy) is 1. The third-order valence-electron chi connectivity index (χ3n) is 2.27. The van der Waals surface area contributed by atoms with Crippen molar-refractivity contribution in [3.05, 3.63) is 0 Å². The lowest BCUT2D eigenvalue weighted by atomic mass is 9.87. The number of halogens is 2. The molecule has 0 bridgehead atoms. The smallest absolute Gasteiger partial charge is 0.325 e. The summed E-state index contributed by atoms with van der Waals surface area (Å²) in [6.45, 7) is 0. The summed E-state index contributed by atoms with van der Waals surface area (Å²) in [5.74, 6) is -0.491. The van der Waals surface area contributed by atoms with E-state index in [0.29, 0.717) is 12.8 Å². The van der Waals surface area contributed by atoms with Crippen LogP contribution < -0.4 is 0 Å². The van der Waals surface area contributed by atoms with Gasteiger partial charge in [-0.1, -0.05) is 28.8 Å². The number of methoxy groups -OCH3 is 1. The van der Waals surface area contributed by atoms with Gasteiger partial charge in [0, 0.05) is 0 Å². The van der Waals surface area contributed by atoms with Crippen molar-refractivity contribution in [1.29, 1.82) is 0 Å². The van der Waals surface area contributed by atoms with Crippen molar-refractivity contribution in [2.24, 2.45) is 0 Å². The minimum Gasteiger partial charge on any atom is -0.468 e. The molecule has 2 atom stereocenters. The zero-order valence-electron chi connectivity index (χ0n) is 6.98. The van der Waals surface area contributed by atoms with Gasteiger partial charge in [0.1, 0.15) is 6.17 Å². The zero-order valence-corrected chi connectivity index (χ0v) is 8.56. The predicted molar refractivity (Wildman–Crippen MR) is 47.0 cm³/mol. The Hall–Kier alpha value is -0.120. The summed E-state index contributed by atoms with van der Waals surface area (Å²) < 4.78 is 16.8. The summed E-state index contributed by atoms with van der Waals surface area (Å²) in [6.07, 6.45) is 1.59. The molecule has 70 valence electrons. The molecule has 0 aromatic rings. The van der Waals surface area contributed by atoms with Gasteiger partial charge < -0.3 is 4.74 Å². The van der Waals surface area contributed by atoms with Crippen LogP contribution in [0.15, 0.2) is 0 Å². The van der Waals surface area contributed by atoms with Crippen molar-refractivity contribution in [3.8, 4) is 0 Å². The second-order valence-corrected chi connectivity index (χ2v) is 4.48. The molecular formula is C8H12BrFO2. The average molecular weight is 239 g/mol. The Morgan fingerprint density at radius 3 is 2.83 bits per heavy atom. The molecule has 2 nitrogen and oxygen atoms in total. The van der Waals surface area contributed by atoms with Gasteiger partial charge in [-0.05, 0) is 12.8 Å². The number of hydrogen-bond donors (Lipinski definition) is 0. The standard InChI is InChI=1S/C8H12BrFO2/c1-12-7(11)8(9)5-3-2-4-6(8)10/h6H,2-5H2,1H3/t6-,8-/m1/s1. The van der Waals surface area contributed by atoms with Crippen molar-refractivity contribution >= 4 is 21.9 Å². The highest BCUT2D eigenvalue weighted by atomic mass is 79.9. The van der Waals surface area contributed by atoms with Crippen LogP contribution in [-0.2, 0) is 9.53 Å². The van der Waals surface area contributed by atoms with E-state index in [1.807, 2.05) is 0 Å². The number of esters is 1. The molecule has 0 aromatic carbocycles. The highest BCUT2D eigenvalue weighted by molar-refractivity contribution is 9.10. The Morgan fingerprint density at radius 2 is 2.33 bits per heavy atom. The molecule has 0 heterocycles. The van der Waals surface area contributed by atoms with Gasteiger partial charge in [-0.15, -0.1) is 0 Å². The predicted octanol–water partition coefficient (Wildman–Crippen LogP) is 2.21. The molecule has 0 unspecified atom stereocenters. The van der Waals surface area contributed by atoms with Gasteiger partial charge in [0.05, 0.1) is 7.11 Å². The molecule has 0 radical (unpaired) electrons. The fourth-order valence-corrected chi connectivity index (χ4v) is 2.16. The van der Waals surface area contributed by atoms with E-state index in [1.165, 1.54) is 7.11 Å². The van der Waals surface area contributed by atoms with E-state index in [0.717, 1.165) is 12.8 Å². The van der Waals surface area contributed by atoms with E-state index in [2.05, 4.69) is 20.7 Å². The topological polar surface area (TPSA) is 26.3 Å². The quantitative estimate of drug-likeness (QED) is 0.518. The Bertz CT molecular complexity index is 186. The molecular weight excluding hydrogens is 227 g/mol. The first kappa shape index (κ1) is 9.96. The Labute approximate surface area is 79.6 Å². The molecule has 0 spiro atoms. The third kappa shape index (κ3) is 1.63. The third-order valence-corrected chi connectivity index (χ3v) is 3.49. The van der Waals surface area contributed by atoms with Crippen LogP contribution in [0, 0.1) is 0 Å². The summed E-state index contributed by atoms with van der Waals surface area (Å²) in [5, 5.41) is 0. The van der Waals surface area contributed by atoms with Crippen molar-refractivity contribution in [2.75, 3.05) is 7.11 Å². The maximum Gasteiger partial charge on any atom is 0.325 e. The molecule has 4 heteroatoms. The number of hydrogen-bond acceptors (Lipinski definition) is 2. The molecule has 1 aliphatic carbocycles. The maximum absolute atomic E-state index is 13.3. The molecule has 0 aliphatic heterocycles. The monoisotopic (exact) mass is 238 g/mol. The van der Waals surface area contributed by atoms with Gasteiger partial charge in [-0.3, -0.25) is 4.79 Å². The lowest BCUT2D eigenvalue weighted by Gasteiger charge is -2.31. The lowest BCUT2D eigenvalue weighted by Crippen LogP contribution is -2.44. The number of carbonyl (C=O) groups is 1. The molecule has 1 saturated carbocycles. The molecule has 1 aliphatic rings. The fraction of sp³-hybridized carbons (Fsp3) is 0.875. The van der Waals surface area contributed by atoms with Crippen LogP contribution in [0.5, 0.6) is 0 Å². The van der Waals surface area contributed by atoms with Gasteiger partial charge in [0.25, 0.3) is 0 Å². The summed E-state index contributed by atoms with van der Waals surface area (Å²) in [6, 6.07) is 0. The van der Waals surface area contributed by atoms with Crippen LogP contribution in [0.25, 0.3) is 0 Å². The van der Waals surface area contributed by atoms with Crippen LogP contribution in [0.3, 0.4) is 0 Å². The van der Waals surface area contributed by atoms with Gasteiger partial charge in [0.15, 0.2) is 4.32 Å². The van der Waals surface area contributed by atoms with E-state index in [9.17, 15) is 9.18 Å². The summed E-state index contributed by atoms with van der Waals surface area (Å²) >= 11 is 3.14. The van der Waals surface area contributed by atoms with E-state index < -0.39 is 16.5 Å². The molecule has 1 fully saturated rings. The molecule has 12 heavy (non-hydrogen) atoms. The normalized spacial score (nSPS) is 36.1.